The average molecular weight is 380 g/mol. The quantitative estimate of drug-likeness (QED) is 0.600. The minimum absolute atomic E-state index is 0.214. The van der Waals surface area contributed by atoms with Gasteiger partial charge in [0, 0.05) is 29.9 Å². The van der Waals surface area contributed by atoms with Crippen LogP contribution in [-0.2, 0) is 27.3 Å². The molecule has 0 fully saturated rings. The van der Waals surface area contributed by atoms with E-state index in [1.165, 1.54) is 6.92 Å². The number of rotatable bonds is 7. The minimum atomic E-state index is -0.485. The largest absolute Gasteiger partial charge is 0.466 e. The van der Waals surface area contributed by atoms with Crippen LogP contribution in [0, 0.1) is 0 Å². The summed E-state index contributed by atoms with van der Waals surface area (Å²) in [7, 11) is 0. The van der Waals surface area contributed by atoms with Crippen LogP contribution in [0.15, 0.2) is 54.6 Å². The van der Waals surface area contributed by atoms with Gasteiger partial charge in [-0.3, -0.25) is 4.79 Å². The number of alkyl carbamates (subject to hydrolysis) is 1. The molecular weight excluding hydrogens is 356 g/mol. The van der Waals surface area contributed by atoms with Crippen molar-refractivity contribution in [2.45, 2.75) is 32.9 Å². The monoisotopic (exact) mass is 380 g/mol. The molecule has 0 radical (unpaired) electrons. The first kappa shape index (κ1) is 19.5. The molecule has 0 aliphatic heterocycles. The molecule has 0 unspecified atom stereocenters. The van der Waals surface area contributed by atoms with Crippen LogP contribution in [0.4, 0.5) is 4.79 Å². The molecular formula is C22H24N2O4. The van der Waals surface area contributed by atoms with Crippen molar-refractivity contribution in [2.75, 3.05) is 6.61 Å². The number of aromatic amines is 1. The van der Waals surface area contributed by atoms with E-state index in [-0.39, 0.29) is 25.2 Å². The van der Waals surface area contributed by atoms with Gasteiger partial charge in [0.15, 0.2) is 0 Å². The van der Waals surface area contributed by atoms with Gasteiger partial charge in [-0.1, -0.05) is 48.5 Å². The van der Waals surface area contributed by atoms with E-state index in [9.17, 15) is 9.59 Å². The third kappa shape index (κ3) is 4.91. The molecule has 3 aromatic rings. The number of fused-ring (bicyclic) bond motifs is 1. The van der Waals surface area contributed by atoms with Gasteiger partial charge < -0.3 is 19.8 Å². The smallest absolute Gasteiger partial charge is 0.407 e. The van der Waals surface area contributed by atoms with Crippen LogP contribution in [0.1, 0.15) is 36.7 Å². The maximum atomic E-state index is 12.2. The lowest BCUT2D eigenvalue weighted by molar-refractivity contribution is -0.140. The lowest BCUT2D eigenvalue weighted by Gasteiger charge is -2.15. The molecule has 0 bridgehead atoms. The highest BCUT2D eigenvalue weighted by Gasteiger charge is 2.19. The fourth-order valence-corrected chi connectivity index (χ4v) is 3.17. The Morgan fingerprint density at radius 1 is 1.04 bits per heavy atom. The molecule has 0 saturated carbocycles. The Balaban J connectivity index is 1.70. The normalized spacial score (nSPS) is 11.8. The second-order valence-electron chi connectivity index (χ2n) is 6.58. The number of hydrogen-bond donors (Lipinski definition) is 2. The fourth-order valence-electron chi connectivity index (χ4n) is 3.17. The molecule has 146 valence electrons. The van der Waals surface area contributed by atoms with Crippen LogP contribution in [0.2, 0.25) is 0 Å². The maximum absolute atomic E-state index is 12.2. The summed E-state index contributed by atoms with van der Waals surface area (Å²) >= 11 is 0. The zero-order chi connectivity index (χ0) is 19.9. The first-order valence-corrected chi connectivity index (χ1v) is 9.24. The molecule has 1 atom stereocenters. The Morgan fingerprint density at radius 3 is 2.50 bits per heavy atom. The summed E-state index contributed by atoms with van der Waals surface area (Å²) in [5.74, 6) is -0.308. The topological polar surface area (TPSA) is 80.4 Å². The molecule has 2 aromatic carbocycles. The number of esters is 1. The molecule has 3 rings (SSSR count). The number of amides is 1. The summed E-state index contributed by atoms with van der Waals surface area (Å²) < 4.78 is 10.4. The van der Waals surface area contributed by atoms with E-state index in [0.717, 1.165) is 27.7 Å². The Labute approximate surface area is 163 Å². The zero-order valence-corrected chi connectivity index (χ0v) is 16.0. The number of benzene rings is 2. The van der Waals surface area contributed by atoms with Gasteiger partial charge in [-0.15, -0.1) is 0 Å². The van der Waals surface area contributed by atoms with Gasteiger partial charge in [-0.2, -0.15) is 0 Å². The molecule has 1 aromatic heterocycles. The molecule has 1 amide bonds. The van der Waals surface area contributed by atoms with Crippen LogP contribution >= 0.6 is 0 Å². The van der Waals surface area contributed by atoms with Crippen molar-refractivity contribution in [2.24, 2.45) is 0 Å². The van der Waals surface area contributed by atoms with E-state index >= 15 is 0 Å². The third-order valence-electron chi connectivity index (χ3n) is 4.48. The lowest BCUT2D eigenvalue weighted by Crippen LogP contribution is -2.28. The SMILES string of the molecule is CC(=O)OCCc1c([C@H](C)NC(=O)OCc2ccccc2)[nH]c2ccccc12. The molecule has 0 spiro atoms. The summed E-state index contributed by atoms with van der Waals surface area (Å²) in [5, 5.41) is 3.92. The molecule has 0 saturated heterocycles. The molecule has 1 heterocycles. The van der Waals surface area contributed by atoms with Gasteiger partial charge in [0.25, 0.3) is 0 Å². The Bertz CT molecular complexity index is 950. The lowest BCUT2D eigenvalue weighted by atomic mass is 10.0. The third-order valence-corrected chi connectivity index (χ3v) is 4.48. The van der Waals surface area contributed by atoms with Crippen molar-refractivity contribution in [3.8, 4) is 0 Å². The van der Waals surface area contributed by atoms with Crippen LogP contribution in [0.3, 0.4) is 0 Å². The highest BCUT2D eigenvalue weighted by Crippen LogP contribution is 2.27. The minimum Gasteiger partial charge on any atom is -0.466 e. The van der Waals surface area contributed by atoms with Gasteiger partial charge >= 0.3 is 12.1 Å². The van der Waals surface area contributed by atoms with Crippen molar-refractivity contribution in [1.82, 2.24) is 10.3 Å². The first-order valence-electron chi connectivity index (χ1n) is 9.24. The molecule has 0 aliphatic carbocycles. The van der Waals surface area contributed by atoms with E-state index < -0.39 is 6.09 Å². The Morgan fingerprint density at radius 2 is 1.75 bits per heavy atom. The number of nitrogens with one attached hydrogen (secondary N) is 2. The zero-order valence-electron chi connectivity index (χ0n) is 16.0. The standard InChI is InChI=1S/C22H24N2O4/c1-15(23-22(26)28-14-17-8-4-3-5-9-17)21-19(12-13-27-16(2)25)18-10-6-7-11-20(18)24-21/h3-11,15,24H,12-14H2,1-2H3,(H,23,26)/t15-/m0/s1. The van der Waals surface area contributed by atoms with Crippen LogP contribution in [0.25, 0.3) is 10.9 Å². The summed E-state index contributed by atoms with van der Waals surface area (Å²) in [6.07, 6.45) is 0.0743. The number of carbonyl (C=O) groups excluding carboxylic acids is 2. The highest BCUT2D eigenvalue weighted by atomic mass is 16.5. The van der Waals surface area contributed by atoms with E-state index in [1.54, 1.807) is 0 Å². The number of aromatic nitrogens is 1. The Hall–Kier alpha value is -3.28. The first-order chi connectivity index (χ1) is 13.5. The summed E-state index contributed by atoms with van der Waals surface area (Å²) in [6.45, 7) is 3.79. The van der Waals surface area contributed by atoms with E-state index in [2.05, 4.69) is 10.3 Å². The fraction of sp³-hybridized carbons (Fsp3) is 0.273. The van der Waals surface area contributed by atoms with Crippen molar-refractivity contribution < 1.29 is 19.1 Å². The highest BCUT2D eigenvalue weighted by molar-refractivity contribution is 5.85. The molecule has 6 heteroatoms. The maximum Gasteiger partial charge on any atom is 0.407 e. The second kappa shape index (κ2) is 9.08. The molecule has 6 nitrogen and oxygen atoms in total. The van der Waals surface area contributed by atoms with Crippen molar-refractivity contribution in [3.63, 3.8) is 0 Å². The van der Waals surface area contributed by atoms with E-state index in [0.29, 0.717) is 6.42 Å². The van der Waals surface area contributed by atoms with E-state index in [1.807, 2.05) is 61.5 Å². The van der Waals surface area contributed by atoms with Gasteiger partial charge in [0.2, 0.25) is 0 Å². The van der Waals surface area contributed by atoms with Crippen LogP contribution in [0.5, 0.6) is 0 Å². The average Bonchev–Trinajstić information content (AvgIpc) is 3.06. The van der Waals surface area contributed by atoms with Crippen molar-refractivity contribution >= 4 is 23.0 Å². The number of carbonyl (C=O) groups is 2. The van der Waals surface area contributed by atoms with Crippen molar-refractivity contribution in [1.29, 1.82) is 0 Å². The van der Waals surface area contributed by atoms with Gasteiger partial charge in [0.05, 0.1) is 12.6 Å². The van der Waals surface area contributed by atoms with E-state index in [4.69, 9.17) is 9.47 Å². The summed E-state index contributed by atoms with van der Waals surface area (Å²) in [4.78, 5) is 26.7. The van der Waals surface area contributed by atoms with Crippen molar-refractivity contribution in [3.05, 3.63) is 71.4 Å². The van der Waals surface area contributed by atoms with Gasteiger partial charge in [-0.25, -0.2) is 4.79 Å². The number of H-pyrrole nitrogens is 1. The van der Waals surface area contributed by atoms with Crippen LogP contribution in [-0.4, -0.2) is 23.7 Å². The van der Waals surface area contributed by atoms with Crippen LogP contribution < -0.4 is 5.32 Å². The molecule has 0 aliphatic rings. The molecule has 2 N–H and O–H groups in total. The number of ether oxygens (including phenoxy) is 2. The number of para-hydroxylation sites is 1. The van der Waals surface area contributed by atoms with Gasteiger partial charge in [-0.05, 0) is 24.1 Å². The molecule has 28 heavy (non-hydrogen) atoms. The predicted molar refractivity (Wildman–Crippen MR) is 107 cm³/mol. The Kier molecular flexibility index (Phi) is 6.32. The number of hydrogen-bond acceptors (Lipinski definition) is 4. The predicted octanol–water partition coefficient (Wildman–Crippen LogP) is 4.26. The summed E-state index contributed by atoms with van der Waals surface area (Å²) in [5.41, 5.74) is 3.80. The second-order valence-corrected chi connectivity index (χ2v) is 6.58. The van der Waals surface area contributed by atoms with Gasteiger partial charge in [0.1, 0.15) is 6.61 Å². The summed E-state index contributed by atoms with van der Waals surface area (Å²) in [6, 6.07) is 17.1.